The zero-order valence-electron chi connectivity index (χ0n) is 28.9. The van der Waals surface area contributed by atoms with Gasteiger partial charge in [-0.05, 0) is 85.7 Å². The van der Waals surface area contributed by atoms with Gasteiger partial charge in [0.1, 0.15) is 23.0 Å². The number of benzene rings is 4. The van der Waals surface area contributed by atoms with E-state index in [1.54, 1.807) is 48.6 Å². The van der Waals surface area contributed by atoms with Gasteiger partial charge in [0, 0.05) is 33.6 Å². The minimum absolute atomic E-state index is 0.152. The highest BCUT2D eigenvalue weighted by Crippen LogP contribution is 2.36. The van der Waals surface area contributed by atoms with Gasteiger partial charge < -0.3 is 29.3 Å². The average Bonchev–Trinajstić information content (AvgIpc) is 3.91. The summed E-state index contributed by atoms with van der Waals surface area (Å²) in [6.07, 6.45) is 3.48. The number of carbonyl (C=O) groups is 4. The Bertz CT molecular complexity index is 2510. The highest BCUT2D eigenvalue weighted by atomic mass is 16.5. The van der Waals surface area contributed by atoms with Gasteiger partial charge in [-0.25, -0.2) is 9.59 Å². The van der Waals surface area contributed by atoms with Crippen LogP contribution in [0.3, 0.4) is 0 Å². The van der Waals surface area contributed by atoms with Crippen molar-refractivity contribution in [2.45, 2.75) is 13.8 Å². The molecule has 8 rings (SSSR count). The second-order valence-electron chi connectivity index (χ2n) is 12.4. The van der Waals surface area contributed by atoms with Crippen molar-refractivity contribution < 1.29 is 37.9 Å². The molecule has 2 amide bonds. The SMILES string of the molecule is COC(=O)c1cccc(-c2cc(C)c(/C=C3/C(=O)Nc4ccccc43)o2)c1.Cc1cc(-c2cccc(C(=O)O)c2)oc1/C=C1/C(=O)Nc2ccccc21. The molecule has 53 heavy (non-hydrogen) atoms. The molecule has 262 valence electrons. The predicted molar refractivity (Wildman–Crippen MR) is 202 cm³/mol. The van der Waals surface area contributed by atoms with Crippen LogP contribution in [0.4, 0.5) is 11.4 Å². The van der Waals surface area contributed by atoms with E-state index in [9.17, 15) is 19.2 Å². The molecule has 0 bridgehead atoms. The number of rotatable bonds is 6. The minimum Gasteiger partial charge on any atom is -0.478 e. The van der Waals surface area contributed by atoms with E-state index in [1.807, 2.05) is 80.6 Å². The van der Waals surface area contributed by atoms with Crippen molar-refractivity contribution in [1.29, 1.82) is 0 Å². The number of hydrogen-bond acceptors (Lipinski definition) is 7. The van der Waals surface area contributed by atoms with Crippen molar-refractivity contribution in [2.75, 3.05) is 17.7 Å². The summed E-state index contributed by atoms with van der Waals surface area (Å²) in [5, 5.41) is 14.8. The molecule has 4 heterocycles. The Balaban J connectivity index is 0.000000164. The summed E-state index contributed by atoms with van der Waals surface area (Å²) in [6.45, 7) is 3.81. The summed E-state index contributed by atoms with van der Waals surface area (Å²) in [5.74, 6) is 0.648. The quantitative estimate of drug-likeness (QED) is 0.115. The van der Waals surface area contributed by atoms with Gasteiger partial charge >= 0.3 is 11.9 Å². The molecule has 0 fully saturated rings. The van der Waals surface area contributed by atoms with Crippen molar-refractivity contribution in [2.24, 2.45) is 0 Å². The first kappa shape index (κ1) is 34.3. The molecule has 2 aliphatic heterocycles. The van der Waals surface area contributed by atoms with Crippen molar-refractivity contribution in [3.05, 3.63) is 154 Å². The molecule has 6 aromatic rings. The van der Waals surface area contributed by atoms with Crippen molar-refractivity contribution >= 4 is 58.4 Å². The van der Waals surface area contributed by atoms with Crippen LogP contribution < -0.4 is 10.6 Å². The Morgan fingerprint density at radius 2 is 1.08 bits per heavy atom. The highest BCUT2D eigenvalue weighted by Gasteiger charge is 2.26. The van der Waals surface area contributed by atoms with Crippen LogP contribution in [0.15, 0.2) is 118 Å². The number of fused-ring (bicyclic) bond motifs is 2. The number of carboxylic acid groups (broad SMARTS) is 1. The lowest BCUT2D eigenvalue weighted by Gasteiger charge is -2.01. The first-order valence-electron chi connectivity index (χ1n) is 16.6. The first-order valence-corrected chi connectivity index (χ1v) is 16.6. The van der Waals surface area contributed by atoms with E-state index in [4.69, 9.17) is 18.7 Å². The summed E-state index contributed by atoms with van der Waals surface area (Å²) in [4.78, 5) is 47.5. The van der Waals surface area contributed by atoms with E-state index in [-0.39, 0.29) is 17.4 Å². The predicted octanol–water partition coefficient (Wildman–Crippen LogP) is 8.98. The zero-order valence-corrected chi connectivity index (χ0v) is 28.9. The van der Waals surface area contributed by atoms with Crippen molar-refractivity contribution in [3.63, 3.8) is 0 Å². The zero-order chi connectivity index (χ0) is 37.2. The van der Waals surface area contributed by atoms with Gasteiger partial charge in [0.2, 0.25) is 0 Å². The number of para-hydroxylation sites is 2. The standard InChI is InChI=1S/C22H17NO4.C21H15NO4/c1-13-10-20(14-6-5-7-15(11-14)22(25)26-2)27-19(13)12-17-16-8-3-4-9-18(16)23-21(17)24;1-12-9-19(13-5-4-6-14(10-13)21(24)25)26-18(12)11-16-15-7-2-3-8-17(15)22-20(16)23/h3-12H,1-2H3,(H,23,24);2-11H,1H3,(H,22,23)(H,24,25)/b17-12+;16-11+. The van der Waals surface area contributed by atoms with Crippen LogP contribution in [-0.4, -0.2) is 36.0 Å². The molecule has 0 aliphatic carbocycles. The summed E-state index contributed by atoms with van der Waals surface area (Å²) in [6, 6.07) is 32.4. The number of amides is 2. The molecule has 3 N–H and O–H groups in total. The van der Waals surface area contributed by atoms with Crippen LogP contribution in [0.2, 0.25) is 0 Å². The molecule has 10 nitrogen and oxygen atoms in total. The second-order valence-corrected chi connectivity index (χ2v) is 12.4. The number of hydrogen-bond donors (Lipinski definition) is 3. The number of methoxy groups -OCH3 is 1. The summed E-state index contributed by atoms with van der Waals surface area (Å²) in [7, 11) is 1.35. The number of furan rings is 2. The summed E-state index contributed by atoms with van der Waals surface area (Å²) >= 11 is 0. The fourth-order valence-electron chi connectivity index (χ4n) is 6.11. The number of anilines is 2. The van der Waals surface area contributed by atoms with Crippen LogP contribution in [0.25, 0.3) is 45.9 Å². The number of esters is 1. The van der Waals surface area contributed by atoms with E-state index < -0.39 is 11.9 Å². The van der Waals surface area contributed by atoms with Crippen LogP contribution in [0.1, 0.15) is 54.5 Å². The largest absolute Gasteiger partial charge is 0.478 e. The monoisotopic (exact) mass is 704 g/mol. The molecule has 0 atom stereocenters. The maximum Gasteiger partial charge on any atom is 0.337 e. The lowest BCUT2D eigenvalue weighted by atomic mass is 10.1. The van der Waals surface area contributed by atoms with Crippen LogP contribution >= 0.6 is 0 Å². The van der Waals surface area contributed by atoms with Gasteiger partial charge in [0.15, 0.2) is 0 Å². The number of carbonyl (C=O) groups excluding carboxylic acids is 3. The van der Waals surface area contributed by atoms with Crippen LogP contribution in [0, 0.1) is 13.8 Å². The van der Waals surface area contributed by atoms with E-state index in [0.717, 1.165) is 39.2 Å². The van der Waals surface area contributed by atoms with E-state index in [2.05, 4.69) is 10.6 Å². The first-order chi connectivity index (χ1) is 25.6. The molecule has 2 aliphatic rings. The van der Waals surface area contributed by atoms with Gasteiger partial charge in [0.05, 0.1) is 29.4 Å². The maximum atomic E-state index is 12.3. The lowest BCUT2D eigenvalue weighted by Crippen LogP contribution is -2.03. The summed E-state index contributed by atoms with van der Waals surface area (Å²) in [5.41, 5.74) is 8.23. The molecule has 0 saturated heterocycles. The van der Waals surface area contributed by atoms with Crippen molar-refractivity contribution in [1.82, 2.24) is 0 Å². The number of ether oxygens (including phenoxy) is 1. The molecule has 0 spiro atoms. The second kappa shape index (κ2) is 14.2. The Morgan fingerprint density at radius 1 is 0.623 bits per heavy atom. The molecule has 4 aromatic carbocycles. The van der Waals surface area contributed by atoms with Crippen molar-refractivity contribution in [3.8, 4) is 22.6 Å². The molecule has 0 unspecified atom stereocenters. The number of nitrogens with one attached hydrogen (secondary N) is 2. The topological polar surface area (TPSA) is 148 Å². The van der Waals surface area contributed by atoms with Gasteiger partial charge in [-0.15, -0.1) is 0 Å². The Hall–Kier alpha value is -7.20. The maximum absolute atomic E-state index is 12.3. The Kier molecular flexibility index (Phi) is 9.18. The highest BCUT2D eigenvalue weighted by molar-refractivity contribution is 6.35. The van der Waals surface area contributed by atoms with E-state index in [0.29, 0.717) is 45.3 Å². The van der Waals surface area contributed by atoms with Gasteiger partial charge in [0.25, 0.3) is 11.8 Å². The number of aryl methyl sites for hydroxylation is 2. The third kappa shape index (κ3) is 6.93. The smallest absolute Gasteiger partial charge is 0.337 e. The Labute approximate surface area is 304 Å². The molecular formula is C43H32N2O8. The van der Waals surface area contributed by atoms with Crippen LogP contribution in [-0.2, 0) is 14.3 Å². The summed E-state index contributed by atoms with van der Waals surface area (Å²) < 4.78 is 16.7. The van der Waals surface area contributed by atoms with E-state index in [1.165, 1.54) is 13.2 Å². The van der Waals surface area contributed by atoms with Gasteiger partial charge in [-0.1, -0.05) is 60.7 Å². The molecule has 2 aromatic heterocycles. The third-order valence-electron chi connectivity index (χ3n) is 8.85. The number of carboxylic acids is 1. The molecule has 0 radical (unpaired) electrons. The van der Waals surface area contributed by atoms with Gasteiger partial charge in [-0.3, -0.25) is 9.59 Å². The minimum atomic E-state index is -0.989. The third-order valence-corrected chi connectivity index (χ3v) is 8.85. The average molecular weight is 705 g/mol. The normalized spacial score (nSPS) is 14.2. The fourth-order valence-corrected chi connectivity index (χ4v) is 6.11. The van der Waals surface area contributed by atoms with Gasteiger partial charge in [-0.2, -0.15) is 0 Å². The Morgan fingerprint density at radius 3 is 1.55 bits per heavy atom. The molecule has 0 saturated carbocycles. The molecular weight excluding hydrogens is 672 g/mol. The lowest BCUT2D eigenvalue weighted by molar-refractivity contribution is -0.111. The fraction of sp³-hybridized carbons (Fsp3) is 0.0698. The van der Waals surface area contributed by atoms with Crippen LogP contribution in [0.5, 0.6) is 0 Å². The number of aromatic carboxylic acids is 1. The molecule has 10 heteroatoms. The van der Waals surface area contributed by atoms with E-state index >= 15 is 0 Å².